The highest BCUT2D eigenvalue weighted by Gasteiger charge is 2.30. The zero-order valence-corrected chi connectivity index (χ0v) is 10.7. The van der Waals surface area contributed by atoms with Crippen molar-refractivity contribution in [3.63, 3.8) is 0 Å². The zero-order chi connectivity index (χ0) is 12.8. The Morgan fingerprint density at radius 2 is 2.00 bits per heavy atom. The number of hydrogen-bond acceptors (Lipinski definition) is 4. The number of nitrogens with two attached hydrogens (primary N) is 1. The SMILES string of the molecule is NCC(O)(CN1CCCOCC1)c1ccccc1. The number of aliphatic hydroxyl groups is 1. The first-order valence-electron chi connectivity index (χ1n) is 6.53. The van der Waals surface area contributed by atoms with Gasteiger partial charge >= 0.3 is 0 Å². The monoisotopic (exact) mass is 250 g/mol. The molecule has 1 aliphatic heterocycles. The number of β-amino-alcohol motifs (C(OH)–C–C–N with tert-alkyl or cyclic N) is 1. The summed E-state index contributed by atoms with van der Waals surface area (Å²) in [6.45, 7) is 4.15. The van der Waals surface area contributed by atoms with Gasteiger partial charge in [0.25, 0.3) is 0 Å². The molecule has 0 aliphatic carbocycles. The fourth-order valence-corrected chi connectivity index (χ4v) is 2.35. The van der Waals surface area contributed by atoms with Crippen LogP contribution in [0.1, 0.15) is 12.0 Å². The normalized spacial score (nSPS) is 21.2. The van der Waals surface area contributed by atoms with E-state index in [-0.39, 0.29) is 6.54 Å². The van der Waals surface area contributed by atoms with Gasteiger partial charge in [-0.3, -0.25) is 4.90 Å². The zero-order valence-electron chi connectivity index (χ0n) is 10.7. The van der Waals surface area contributed by atoms with Crippen LogP contribution >= 0.6 is 0 Å². The molecule has 1 heterocycles. The Morgan fingerprint density at radius 3 is 2.72 bits per heavy atom. The Kier molecular flexibility index (Phi) is 4.72. The molecule has 1 fully saturated rings. The number of benzene rings is 1. The molecule has 0 amide bonds. The highest BCUT2D eigenvalue weighted by atomic mass is 16.5. The molecule has 0 spiro atoms. The van der Waals surface area contributed by atoms with Gasteiger partial charge in [-0.15, -0.1) is 0 Å². The van der Waals surface area contributed by atoms with Gasteiger partial charge in [0.2, 0.25) is 0 Å². The van der Waals surface area contributed by atoms with Gasteiger partial charge in [0.05, 0.1) is 6.61 Å². The fraction of sp³-hybridized carbons (Fsp3) is 0.571. The molecule has 100 valence electrons. The van der Waals surface area contributed by atoms with Crippen LogP contribution < -0.4 is 5.73 Å². The molecule has 1 unspecified atom stereocenters. The van der Waals surface area contributed by atoms with E-state index in [9.17, 15) is 5.11 Å². The molecule has 1 atom stereocenters. The van der Waals surface area contributed by atoms with Crippen LogP contribution in [0.15, 0.2) is 30.3 Å². The summed E-state index contributed by atoms with van der Waals surface area (Å²) in [5.74, 6) is 0. The van der Waals surface area contributed by atoms with Crippen molar-refractivity contribution in [1.82, 2.24) is 4.90 Å². The molecule has 1 aliphatic rings. The van der Waals surface area contributed by atoms with Crippen LogP contribution in [0.5, 0.6) is 0 Å². The van der Waals surface area contributed by atoms with Gasteiger partial charge in [0.1, 0.15) is 5.60 Å². The largest absolute Gasteiger partial charge is 0.382 e. The second kappa shape index (κ2) is 6.29. The maximum absolute atomic E-state index is 10.7. The third kappa shape index (κ3) is 3.29. The first-order valence-corrected chi connectivity index (χ1v) is 6.53. The number of rotatable bonds is 4. The quantitative estimate of drug-likeness (QED) is 0.819. The van der Waals surface area contributed by atoms with E-state index in [1.54, 1.807) is 0 Å². The van der Waals surface area contributed by atoms with E-state index in [1.165, 1.54) is 0 Å². The highest BCUT2D eigenvalue weighted by Crippen LogP contribution is 2.21. The summed E-state index contributed by atoms with van der Waals surface area (Å²) in [5.41, 5.74) is 5.71. The Morgan fingerprint density at radius 1 is 1.22 bits per heavy atom. The Labute approximate surface area is 108 Å². The van der Waals surface area contributed by atoms with Gasteiger partial charge < -0.3 is 15.6 Å². The first kappa shape index (κ1) is 13.5. The average Bonchev–Trinajstić information content (AvgIpc) is 2.68. The van der Waals surface area contributed by atoms with Crippen LogP contribution in [0, 0.1) is 0 Å². The number of nitrogens with zero attached hydrogens (tertiary/aromatic N) is 1. The topological polar surface area (TPSA) is 58.7 Å². The van der Waals surface area contributed by atoms with Crippen molar-refractivity contribution in [2.45, 2.75) is 12.0 Å². The number of ether oxygens (including phenoxy) is 1. The second-order valence-corrected chi connectivity index (χ2v) is 4.84. The van der Waals surface area contributed by atoms with Gasteiger partial charge in [-0.1, -0.05) is 30.3 Å². The van der Waals surface area contributed by atoms with E-state index < -0.39 is 5.60 Å². The van der Waals surface area contributed by atoms with Crippen molar-refractivity contribution in [2.24, 2.45) is 5.73 Å². The maximum atomic E-state index is 10.7. The standard InChI is InChI=1S/C14H22N2O2/c15-11-14(17,13-5-2-1-3-6-13)12-16-7-4-9-18-10-8-16/h1-3,5-6,17H,4,7-12,15H2. The van der Waals surface area contributed by atoms with E-state index in [4.69, 9.17) is 10.5 Å². The smallest absolute Gasteiger partial charge is 0.114 e. The van der Waals surface area contributed by atoms with E-state index in [2.05, 4.69) is 4.90 Å². The van der Waals surface area contributed by atoms with Crippen LogP contribution in [0.25, 0.3) is 0 Å². The molecule has 0 saturated carbocycles. The lowest BCUT2D eigenvalue weighted by Gasteiger charge is -2.33. The molecule has 4 nitrogen and oxygen atoms in total. The molecule has 18 heavy (non-hydrogen) atoms. The molecular weight excluding hydrogens is 228 g/mol. The summed E-state index contributed by atoms with van der Waals surface area (Å²) >= 11 is 0. The van der Waals surface area contributed by atoms with Crippen LogP contribution in [0.3, 0.4) is 0 Å². The second-order valence-electron chi connectivity index (χ2n) is 4.84. The van der Waals surface area contributed by atoms with Gasteiger partial charge in [-0.05, 0) is 12.0 Å². The molecule has 0 bridgehead atoms. The lowest BCUT2D eigenvalue weighted by Crippen LogP contribution is -2.46. The predicted octanol–water partition coefficient (Wildman–Crippen LogP) is 0.555. The Bertz CT molecular complexity index is 350. The molecular formula is C14H22N2O2. The molecule has 1 aromatic rings. The summed E-state index contributed by atoms with van der Waals surface area (Å²) in [6, 6.07) is 9.67. The minimum Gasteiger partial charge on any atom is -0.382 e. The summed E-state index contributed by atoms with van der Waals surface area (Å²) in [5, 5.41) is 10.7. The lowest BCUT2D eigenvalue weighted by molar-refractivity contribution is 0.00626. The molecule has 4 heteroatoms. The fourth-order valence-electron chi connectivity index (χ4n) is 2.35. The van der Waals surface area contributed by atoms with E-state index >= 15 is 0 Å². The van der Waals surface area contributed by atoms with Gasteiger partial charge in [-0.2, -0.15) is 0 Å². The molecule has 0 aromatic heterocycles. The lowest BCUT2D eigenvalue weighted by atomic mass is 9.93. The van der Waals surface area contributed by atoms with Crippen molar-refractivity contribution in [1.29, 1.82) is 0 Å². The molecule has 2 rings (SSSR count). The summed E-state index contributed by atoms with van der Waals surface area (Å²) < 4.78 is 5.42. The average molecular weight is 250 g/mol. The van der Waals surface area contributed by atoms with Gasteiger partial charge in [-0.25, -0.2) is 0 Å². The van der Waals surface area contributed by atoms with Crippen LogP contribution in [-0.2, 0) is 10.3 Å². The van der Waals surface area contributed by atoms with Crippen molar-refractivity contribution in [3.05, 3.63) is 35.9 Å². The Hall–Kier alpha value is -0.940. The predicted molar refractivity (Wildman–Crippen MR) is 71.3 cm³/mol. The highest BCUT2D eigenvalue weighted by molar-refractivity contribution is 5.23. The van der Waals surface area contributed by atoms with Crippen LogP contribution in [-0.4, -0.2) is 49.4 Å². The maximum Gasteiger partial charge on any atom is 0.114 e. The van der Waals surface area contributed by atoms with E-state index in [0.29, 0.717) is 6.54 Å². The summed E-state index contributed by atoms with van der Waals surface area (Å²) in [4.78, 5) is 2.23. The molecule has 1 aromatic carbocycles. The van der Waals surface area contributed by atoms with E-state index in [1.807, 2.05) is 30.3 Å². The minimum atomic E-state index is -0.967. The van der Waals surface area contributed by atoms with Crippen molar-refractivity contribution >= 4 is 0 Å². The van der Waals surface area contributed by atoms with E-state index in [0.717, 1.165) is 38.3 Å². The van der Waals surface area contributed by atoms with Crippen molar-refractivity contribution in [2.75, 3.05) is 39.4 Å². The Balaban J connectivity index is 2.07. The number of hydrogen-bond donors (Lipinski definition) is 2. The minimum absolute atomic E-state index is 0.231. The summed E-state index contributed by atoms with van der Waals surface area (Å²) in [7, 11) is 0. The third-order valence-electron chi connectivity index (χ3n) is 3.45. The van der Waals surface area contributed by atoms with Gasteiger partial charge in [0, 0.05) is 32.8 Å². The van der Waals surface area contributed by atoms with Gasteiger partial charge in [0.15, 0.2) is 0 Å². The molecule has 1 saturated heterocycles. The van der Waals surface area contributed by atoms with Crippen molar-refractivity contribution in [3.8, 4) is 0 Å². The third-order valence-corrected chi connectivity index (χ3v) is 3.45. The van der Waals surface area contributed by atoms with Crippen LogP contribution in [0.2, 0.25) is 0 Å². The first-order chi connectivity index (χ1) is 8.74. The molecule has 0 radical (unpaired) electrons. The molecule has 3 N–H and O–H groups in total. The summed E-state index contributed by atoms with van der Waals surface area (Å²) in [6.07, 6.45) is 1.01. The van der Waals surface area contributed by atoms with Crippen LogP contribution in [0.4, 0.5) is 0 Å². The van der Waals surface area contributed by atoms with Crippen molar-refractivity contribution < 1.29 is 9.84 Å².